The predicted octanol–water partition coefficient (Wildman–Crippen LogP) is 3.95. The number of halogens is 1. The summed E-state index contributed by atoms with van der Waals surface area (Å²) in [7, 11) is 0. The highest BCUT2D eigenvalue weighted by Crippen LogP contribution is 2.31. The Labute approximate surface area is 205 Å². The number of nitrogens with zero attached hydrogens (tertiary/aromatic N) is 5. The molecule has 34 heavy (non-hydrogen) atoms. The number of ether oxygens (including phenoxy) is 1. The monoisotopic (exact) mass is 495 g/mol. The summed E-state index contributed by atoms with van der Waals surface area (Å²) >= 11 is 7.29. The van der Waals surface area contributed by atoms with Gasteiger partial charge in [0.15, 0.2) is 6.61 Å². The number of rotatable bonds is 5. The highest BCUT2D eigenvalue weighted by molar-refractivity contribution is 7.20. The number of amides is 1. The molecule has 1 amide bonds. The fraction of sp³-hybridized carbons (Fsp3) is 0.250. The number of fused-ring (bicyclic) bond motifs is 1. The molecular formula is C24H22ClN5O3S. The molecule has 0 N–H and O–H groups in total. The van der Waals surface area contributed by atoms with Gasteiger partial charge in [0, 0.05) is 42.8 Å². The second kappa shape index (κ2) is 9.44. The Morgan fingerprint density at radius 1 is 1.09 bits per heavy atom. The maximum absolute atomic E-state index is 12.7. The van der Waals surface area contributed by atoms with Crippen LogP contribution in [0.25, 0.3) is 15.9 Å². The Bertz CT molecular complexity index is 1330. The van der Waals surface area contributed by atoms with Gasteiger partial charge in [-0.15, -0.1) is 11.3 Å². The number of carbonyl (C=O) groups is 2. The van der Waals surface area contributed by atoms with Gasteiger partial charge in [-0.3, -0.25) is 4.79 Å². The molecule has 0 bridgehead atoms. The first-order valence-corrected chi connectivity index (χ1v) is 12.0. The van der Waals surface area contributed by atoms with E-state index in [2.05, 4.69) is 15.0 Å². The van der Waals surface area contributed by atoms with Crippen molar-refractivity contribution in [1.29, 1.82) is 0 Å². The number of piperazine rings is 1. The van der Waals surface area contributed by atoms with E-state index in [1.807, 2.05) is 37.3 Å². The van der Waals surface area contributed by atoms with Crippen LogP contribution in [0.2, 0.25) is 5.02 Å². The van der Waals surface area contributed by atoms with Gasteiger partial charge < -0.3 is 14.5 Å². The molecule has 3 aromatic heterocycles. The summed E-state index contributed by atoms with van der Waals surface area (Å²) in [6.45, 7) is 4.11. The number of pyridine rings is 1. The van der Waals surface area contributed by atoms with E-state index >= 15 is 0 Å². The number of aryl methyl sites for hydroxylation is 1. The molecule has 1 aliphatic heterocycles. The van der Waals surface area contributed by atoms with Crippen molar-refractivity contribution in [2.24, 2.45) is 0 Å². The minimum absolute atomic E-state index is 0.196. The first kappa shape index (κ1) is 22.4. The minimum Gasteiger partial charge on any atom is -0.451 e. The lowest BCUT2D eigenvalue weighted by atomic mass is 10.3. The zero-order valence-electron chi connectivity index (χ0n) is 18.5. The van der Waals surface area contributed by atoms with Crippen molar-refractivity contribution in [2.45, 2.75) is 6.92 Å². The lowest BCUT2D eigenvalue weighted by Crippen LogP contribution is -2.50. The summed E-state index contributed by atoms with van der Waals surface area (Å²) in [5, 5.41) is 6.10. The Morgan fingerprint density at radius 2 is 1.85 bits per heavy atom. The normalized spacial score (nSPS) is 13.9. The van der Waals surface area contributed by atoms with E-state index in [4.69, 9.17) is 16.3 Å². The molecule has 8 nitrogen and oxygen atoms in total. The molecule has 4 aromatic rings. The third-order valence-corrected chi connectivity index (χ3v) is 7.09. The number of hydrogen-bond donors (Lipinski definition) is 0. The van der Waals surface area contributed by atoms with E-state index in [0.29, 0.717) is 36.1 Å². The first-order chi connectivity index (χ1) is 16.5. The van der Waals surface area contributed by atoms with Gasteiger partial charge >= 0.3 is 5.97 Å². The van der Waals surface area contributed by atoms with E-state index in [1.165, 1.54) is 11.3 Å². The van der Waals surface area contributed by atoms with Crippen LogP contribution in [0.3, 0.4) is 0 Å². The van der Waals surface area contributed by atoms with Gasteiger partial charge in [-0.05, 0) is 49.4 Å². The second-order valence-electron chi connectivity index (χ2n) is 7.94. The summed E-state index contributed by atoms with van der Waals surface area (Å²) in [6.07, 6.45) is 1.76. The number of anilines is 1. The van der Waals surface area contributed by atoms with E-state index in [9.17, 15) is 9.59 Å². The molecular weight excluding hydrogens is 474 g/mol. The average Bonchev–Trinajstić information content (AvgIpc) is 3.44. The van der Waals surface area contributed by atoms with Crippen LogP contribution in [0.15, 0.2) is 54.7 Å². The van der Waals surface area contributed by atoms with E-state index in [0.717, 1.165) is 27.4 Å². The van der Waals surface area contributed by atoms with Gasteiger partial charge in [-0.1, -0.05) is 17.7 Å². The Morgan fingerprint density at radius 3 is 2.56 bits per heavy atom. The summed E-state index contributed by atoms with van der Waals surface area (Å²) < 4.78 is 7.15. The average molecular weight is 496 g/mol. The van der Waals surface area contributed by atoms with Gasteiger partial charge in [-0.25, -0.2) is 14.5 Å². The van der Waals surface area contributed by atoms with Crippen molar-refractivity contribution in [3.63, 3.8) is 0 Å². The Balaban J connectivity index is 1.21. The largest absolute Gasteiger partial charge is 0.451 e. The van der Waals surface area contributed by atoms with E-state index in [-0.39, 0.29) is 12.5 Å². The van der Waals surface area contributed by atoms with Crippen LogP contribution in [-0.4, -0.2) is 64.3 Å². The molecule has 0 aliphatic carbocycles. The summed E-state index contributed by atoms with van der Waals surface area (Å²) in [5.74, 6) is 0.195. The summed E-state index contributed by atoms with van der Waals surface area (Å²) in [6, 6.07) is 14.9. The zero-order chi connectivity index (χ0) is 23.7. The molecule has 5 rings (SSSR count). The fourth-order valence-electron chi connectivity index (χ4n) is 3.92. The predicted molar refractivity (Wildman–Crippen MR) is 132 cm³/mol. The van der Waals surface area contributed by atoms with Crippen LogP contribution < -0.4 is 4.90 Å². The zero-order valence-corrected chi connectivity index (χ0v) is 20.1. The van der Waals surface area contributed by atoms with Crippen molar-refractivity contribution < 1.29 is 14.3 Å². The van der Waals surface area contributed by atoms with Crippen molar-refractivity contribution in [2.75, 3.05) is 37.7 Å². The standard InChI is InChI=1S/C24H22ClN5O3S/c1-16-19-14-20(34-23(19)30(27-16)18-7-5-17(25)6-8-18)24(32)33-15-22(31)29-12-10-28(11-13-29)21-4-2-3-9-26-21/h2-9,14H,10-13,15H2,1H3. The third-order valence-electron chi connectivity index (χ3n) is 5.75. The molecule has 0 saturated carbocycles. The Hall–Kier alpha value is -3.43. The van der Waals surface area contributed by atoms with Gasteiger partial charge in [-0.2, -0.15) is 5.10 Å². The van der Waals surface area contributed by atoms with Crippen molar-refractivity contribution in [1.82, 2.24) is 19.7 Å². The van der Waals surface area contributed by atoms with E-state index in [1.54, 1.807) is 34.0 Å². The molecule has 0 unspecified atom stereocenters. The number of benzene rings is 1. The van der Waals surface area contributed by atoms with Crippen LogP contribution in [0.5, 0.6) is 0 Å². The number of thiophene rings is 1. The highest BCUT2D eigenvalue weighted by Gasteiger charge is 2.24. The van der Waals surface area contributed by atoms with Crippen LogP contribution in [-0.2, 0) is 9.53 Å². The van der Waals surface area contributed by atoms with Gasteiger partial charge in [0.1, 0.15) is 15.5 Å². The Kier molecular flexibility index (Phi) is 6.21. The molecule has 0 radical (unpaired) electrons. The maximum atomic E-state index is 12.7. The molecule has 10 heteroatoms. The molecule has 1 fully saturated rings. The lowest BCUT2D eigenvalue weighted by Gasteiger charge is -2.35. The number of hydrogen-bond acceptors (Lipinski definition) is 7. The van der Waals surface area contributed by atoms with E-state index < -0.39 is 5.97 Å². The van der Waals surface area contributed by atoms with Crippen LogP contribution in [0, 0.1) is 6.92 Å². The molecule has 1 aliphatic rings. The summed E-state index contributed by atoms with van der Waals surface area (Å²) in [5.41, 5.74) is 1.66. The smallest absolute Gasteiger partial charge is 0.348 e. The van der Waals surface area contributed by atoms with Crippen molar-refractivity contribution in [3.05, 3.63) is 70.3 Å². The maximum Gasteiger partial charge on any atom is 0.348 e. The second-order valence-corrected chi connectivity index (χ2v) is 9.40. The SMILES string of the molecule is Cc1nn(-c2ccc(Cl)cc2)c2sc(C(=O)OCC(=O)N3CCN(c4ccccn4)CC3)cc12. The van der Waals surface area contributed by atoms with Gasteiger partial charge in [0.05, 0.1) is 11.4 Å². The summed E-state index contributed by atoms with van der Waals surface area (Å²) in [4.78, 5) is 34.8. The quantitative estimate of drug-likeness (QED) is 0.390. The topological polar surface area (TPSA) is 80.6 Å². The van der Waals surface area contributed by atoms with Crippen molar-refractivity contribution in [3.8, 4) is 5.69 Å². The first-order valence-electron chi connectivity index (χ1n) is 10.9. The fourth-order valence-corrected chi connectivity index (χ4v) is 5.12. The highest BCUT2D eigenvalue weighted by atomic mass is 35.5. The van der Waals surface area contributed by atoms with Crippen LogP contribution in [0.1, 0.15) is 15.4 Å². The molecule has 0 atom stereocenters. The molecule has 0 spiro atoms. The molecule has 174 valence electrons. The molecule has 1 saturated heterocycles. The van der Waals surface area contributed by atoms with Gasteiger partial charge in [0.2, 0.25) is 0 Å². The third kappa shape index (κ3) is 4.49. The molecule has 1 aromatic carbocycles. The van der Waals surface area contributed by atoms with Crippen molar-refractivity contribution >= 4 is 50.8 Å². The van der Waals surface area contributed by atoms with Crippen LogP contribution in [0.4, 0.5) is 5.82 Å². The lowest BCUT2D eigenvalue weighted by molar-refractivity contribution is -0.134. The number of esters is 1. The van der Waals surface area contributed by atoms with Crippen LogP contribution >= 0.6 is 22.9 Å². The molecule has 4 heterocycles. The number of carbonyl (C=O) groups excluding carboxylic acids is 2. The minimum atomic E-state index is -0.510. The van der Waals surface area contributed by atoms with Gasteiger partial charge in [0.25, 0.3) is 5.91 Å². The number of aromatic nitrogens is 3.